The quantitative estimate of drug-likeness (QED) is 0.460. The fraction of sp³-hybridized carbons (Fsp3) is 0.481. The molecular weight excluding hydrogens is 368 g/mol. The fourth-order valence-corrected chi connectivity index (χ4v) is 10.0. The highest BCUT2D eigenvalue weighted by atomic mass is 28.3. The second-order valence-electron chi connectivity index (χ2n) is 9.56. The van der Waals surface area contributed by atoms with Crippen molar-refractivity contribution < 1.29 is 5.11 Å². The molecule has 0 bridgehead atoms. The molecule has 1 N–H and O–H groups in total. The van der Waals surface area contributed by atoms with Gasteiger partial charge >= 0.3 is 0 Å². The van der Waals surface area contributed by atoms with Gasteiger partial charge in [0.25, 0.3) is 0 Å². The van der Waals surface area contributed by atoms with Crippen molar-refractivity contribution in [2.24, 2.45) is 11.8 Å². The minimum atomic E-state index is -2.48. The van der Waals surface area contributed by atoms with Gasteiger partial charge in [-0.2, -0.15) is 0 Å². The third-order valence-electron chi connectivity index (χ3n) is 7.02. The molecular formula is C27H38OSi. The Kier molecular flexibility index (Phi) is 7.18. The summed E-state index contributed by atoms with van der Waals surface area (Å²) in [5.41, 5.74) is 1.19. The van der Waals surface area contributed by atoms with E-state index < -0.39 is 13.3 Å². The van der Waals surface area contributed by atoms with E-state index in [-0.39, 0.29) is 0 Å². The van der Waals surface area contributed by atoms with E-state index >= 15 is 0 Å². The maximum Gasteiger partial charge on any atom is 0.154 e. The summed E-state index contributed by atoms with van der Waals surface area (Å²) in [7, 11) is -2.48. The number of aliphatic hydroxyl groups is 1. The minimum Gasteiger partial charge on any atom is -0.388 e. The Morgan fingerprint density at radius 3 is 1.90 bits per heavy atom. The van der Waals surface area contributed by atoms with Gasteiger partial charge in [0.2, 0.25) is 0 Å². The normalized spacial score (nSPS) is 18.6. The molecule has 0 aliphatic heterocycles. The lowest BCUT2D eigenvalue weighted by molar-refractivity contribution is 0.129. The average molecular weight is 407 g/mol. The number of benzene rings is 2. The summed E-state index contributed by atoms with van der Waals surface area (Å²) < 4.78 is 0. The van der Waals surface area contributed by atoms with Crippen LogP contribution in [-0.2, 0) is 0 Å². The van der Waals surface area contributed by atoms with E-state index in [9.17, 15) is 5.11 Å². The van der Waals surface area contributed by atoms with Gasteiger partial charge in [-0.1, -0.05) is 117 Å². The molecule has 1 aliphatic carbocycles. The van der Waals surface area contributed by atoms with Gasteiger partial charge in [0.1, 0.15) is 0 Å². The zero-order chi connectivity index (χ0) is 20.9. The van der Waals surface area contributed by atoms with E-state index in [2.05, 4.69) is 94.1 Å². The first-order valence-electron chi connectivity index (χ1n) is 11.4. The van der Waals surface area contributed by atoms with Gasteiger partial charge in [-0.25, -0.2) is 0 Å². The molecule has 1 fully saturated rings. The molecule has 29 heavy (non-hydrogen) atoms. The standard InChI is InChI=1S/C27H38OSi/c1-22(2)21-27(28,23(3)20-24-14-8-5-9-15-24)29(4,25-16-10-6-11-17-25)26-18-12-7-13-19-26/h6-7,10-13,16-20,22,24,28H,5,8-9,14-15,21H2,1-4H3/b23-20+/t27-/m0/s1. The first kappa shape index (κ1) is 22.1. The van der Waals surface area contributed by atoms with Gasteiger partial charge < -0.3 is 5.11 Å². The molecule has 1 atom stereocenters. The molecule has 1 aliphatic rings. The first-order chi connectivity index (χ1) is 13.9. The van der Waals surface area contributed by atoms with Gasteiger partial charge in [-0.05, 0) is 43.6 Å². The van der Waals surface area contributed by atoms with Gasteiger partial charge in [-0.3, -0.25) is 0 Å². The topological polar surface area (TPSA) is 20.2 Å². The Bertz CT molecular complexity index is 750. The molecule has 2 heteroatoms. The van der Waals surface area contributed by atoms with Crippen molar-refractivity contribution in [3.05, 3.63) is 72.3 Å². The summed E-state index contributed by atoms with van der Waals surface area (Å²) >= 11 is 0. The van der Waals surface area contributed by atoms with Gasteiger partial charge in [-0.15, -0.1) is 0 Å². The number of rotatable bonds is 7. The molecule has 0 heterocycles. The van der Waals surface area contributed by atoms with Crippen molar-refractivity contribution in [3.63, 3.8) is 0 Å². The predicted octanol–water partition coefficient (Wildman–Crippen LogP) is 5.72. The SMILES string of the molecule is C/C(=C\C1CCCCC1)[C@](O)(CC(C)C)[Si](C)(c1ccccc1)c1ccccc1. The summed E-state index contributed by atoms with van der Waals surface area (Å²) in [6.45, 7) is 9.06. The van der Waals surface area contributed by atoms with Crippen molar-refractivity contribution in [1.82, 2.24) is 0 Å². The molecule has 2 aromatic rings. The minimum absolute atomic E-state index is 0.425. The molecule has 2 aromatic carbocycles. The Hall–Kier alpha value is -1.64. The van der Waals surface area contributed by atoms with Crippen LogP contribution in [0.2, 0.25) is 6.55 Å². The summed E-state index contributed by atoms with van der Waals surface area (Å²) in [6.07, 6.45) is 9.79. The maximum absolute atomic E-state index is 12.6. The Morgan fingerprint density at radius 1 is 0.966 bits per heavy atom. The van der Waals surface area contributed by atoms with Crippen molar-refractivity contribution in [2.75, 3.05) is 0 Å². The average Bonchev–Trinajstić information content (AvgIpc) is 2.74. The van der Waals surface area contributed by atoms with Crippen molar-refractivity contribution in [2.45, 2.75) is 71.1 Å². The van der Waals surface area contributed by atoms with Crippen molar-refractivity contribution in [3.8, 4) is 0 Å². The highest BCUT2D eigenvalue weighted by Gasteiger charge is 2.52. The first-order valence-corrected chi connectivity index (χ1v) is 13.9. The summed E-state index contributed by atoms with van der Waals surface area (Å²) in [5, 5.41) is 14.4. The number of hydrogen-bond donors (Lipinski definition) is 1. The smallest absolute Gasteiger partial charge is 0.154 e. The highest BCUT2D eigenvalue weighted by Crippen LogP contribution is 2.37. The Morgan fingerprint density at radius 2 is 1.45 bits per heavy atom. The van der Waals surface area contributed by atoms with E-state index in [1.165, 1.54) is 48.1 Å². The molecule has 0 amide bonds. The van der Waals surface area contributed by atoms with Crippen LogP contribution < -0.4 is 10.4 Å². The monoisotopic (exact) mass is 406 g/mol. The summed E-state index contributed by atoms with van der Waals surface area (Å²) in [6, 6.07) is 21.6. The van der Waals surface area contributed by atoms with Crippen molar-refractivity contribution in [1.29, 1.82) is 0 Å². The lowest BCUT2D eigenvalue weighted by Crippen LogP contribution is -2.72. The van der Waals surface area contributed by atoms with Crippen LogP contribution in [0.25, 0.3) is 0 Å². The molecule has 0 saturated heterocycles. The van der Waals surface area contributed by atoms with Gasteiger partial charge in [0.15, 0.2) is 8.07 Å². The molecule has 3 rings (SSSR count). The number of hydrogen-bond acceptors (Lipinski definition) is 1. The van der Waals surface area contributed by atoms with Crippen LogP contribution in [0.3, 0.4) is 0 Å². The second-order valence-corrected chi connectivity index (χ2v) is 13.8. The zero-order valence-corrected chi connectivity index (χ0v) is 19.7. The Balaban J connectivity index is 2.17. The highest BCUT2D eigenvalue weighted by molar-refractivity contribution is 7.03. The fourth-order valence-electron chi connectivity index (χ4n) is 5.33. The van der Waals surface area contributed by atoms with E-state index in [1.807, 2.05) is 0 Å². The second kappa shape index (κ2) is 9.45. The number of allylic oxidation sites excluding steroid dienone is 1. The van der Waals surface area contributed by atoms with E-state index in [1.54, 1.807) is 0 Å². The molecule has 1 nitrogen and oxygen atoms in total. The van der Waals surface area contributed by atoms with Crippen molar-refractivity contribution >= 4 is 18.4 Å². The van der Waals surface area contributed by atoms with Crippen LogP contribution in [-0.4, -0.2) is 18.4 Å². The molecule has 1 saturated carbocycles. The van der Waals surface area contributed by atoms with Crippen LogP contribution in [0.5, 0.6) is 0 Å². The summed E-state index contributed by atoms with van der Waals surface area (Å²) in [4.78, 5) is 0. The van der Waals surface area contributed by atoms with E-state index in [0.29, 0.717) is 11.8 Å². The van der Waals surface area contributed by atoms with Crippen LogP contribution in [0.15, 0.2) is 72.3 Å². The lowest BCUT2D eigenvalue weighted by Gasteiger charge is -2.47. The van der Waals surface area contributed by atoms with Gasteiger partial charge in [0, 0.05) is 0 Å². The lowest BCUT2D eigenvalue weighted by atomic mass is 9.86. The molecule has 0 unspecified atom stereocenters. The molecule has 0 radical (unpaired) electrons. The van der Waals surface area contributed by atoms with E-state index in [0.717, 1.165) is 6.42 Å². The maximum atomic E-state index is 12.6. The van der Waals surface area contributed by atoms with Crippen LogP contribution in [0, 0.1) is 11.8 Å². The molecule has 0 spiro atoms. The zero-order valence-electron chi connectivity index (χ0n) is 18.7. The largest absolute Gasteiger partial charge is 0.388 e. The Labute approximate surface area is 178 Å². The third kappa shape index (κ3) is 4.59. The third-order valence-corrected chi connectivity index (χ3v) is 12.2. The molecule has 0 aromatic heterocycles. The van der Waals surface area contributed by atoms with Crippen LogP contribution in [0.4, 0.5) is 0 Å². The van der Waals surface area contributed by atoms with Crippen LogP contribution >= 0.6 is 0 Å². The summed E-state index contributed by atoms with van der Waals surface area (Å²) in [5.74, 6) is 1.04. The van der Waals surface area contributed by atoms with Crippen LogP contribution in [0.1, 0.15) is 59.3 Å². The predicted molar refractivity (Wildman–Crippen MR) is 129 cm³/mol. The van der Waals surface area contributed by atoms with E-state index in [4.69, 9.17) is 0 Å². The van der Waals surface area contributed by atoms with Gasteiger partial charge in [0.05, 0.1) is 5.22 Å². The molecule has 156 valence electrons.